The Bertz CT molecular complexity index is 904. The van der Waals surface area contributed by atoms with E-state index in [1.54, 1.807) is 36.8 Å². The molecule has 4 N–H and O–H groups in total. The Morgan fingerprint density at radius 1 is 0.963 bits per heavy atom. The molecule has 0 atom stereocenters. The van der Waals surface area contributed by atoms with Gasteiger partial charge in [0.05, 0.1) is 6.33 Å². The Balaban J connectivity index is 1.55. The predicted molar refractivity (Wildman–Crippen MR) is 102 cm³/mol. The maximum absolute atomic E-state index is 12.3. The van der Waals surface area contributed by atoms with Crippen LogP contribution in [0, 0.1) is 0 Å². The fourth-order valence-corrected chi connectivity index (χ4v) is 2.68. The Hall–Kier alpha value is -3.61. The molecule has 138 valence electrons. The van der Waals surface area contributed by atoms with Gasteiger partial charge in [-0.2, -0.15) is 0 Å². The molecule has 0 bridgehead atoms. The summed E-state index contributed by atoms with van der Waals surface area (Å²) in [7, 11) is 0. The van der Waals surface area contributed by atoms with E-state index in [0.717, 1.165) is 23.2 Å². The number of carbonyl (C=O) groups excluding carboxylic acids is 2. The van der Waals surface area contributed by atoms with E-state index >= 15 is 0 Å². The Morgan fingerprint density at radius 2 is 1.70 bits per heavy atom. The highest BCUT2D eigenvalue weighted by molar-refractivity contribution is 5.94. The number of nitrogens with zero attached hydrogens (tertiary/aromatic N) is 2. The van der Waals surface area contributed by atoms with Gasteiger partial charge in [0.25, 0.3) is 5.91 Å². The van der Waals surface area contributed by atoms with Crippen LogP contribution in [0.25, 0.3) is 0 Å². The Kier molecular flexibility index (Phi) is 5.84. The fraction of sp³-hybridized carbons (Fsp3) is 0.150. The summed E-state index contributed by atoms with van der Waals surface area (Å²) in [6, 6.07) is 14.5. The number of benzene rings is 2. The van der Waals surface area contributed by atoms with Gasteiger partial charge >= 0.3 is 6.03 Å². The van der Waals surface area contributed by atoms with Gasteiger partial charge in [-0.1, -0.05) is 36.4 Å². The van der Waals surface area contributed by atoms with Crippen molar-refractivity contribution in [3.8, 4) is 0 Å². The monoisotopic (exact) mass is 363 g/mol. The lowest BCUT2D eigenvalue weighted by molar-refractivity contribution is 0.0951. The molecule has 3 amide bonds. The number of nitrogens with two attached hydrogens (primary N) is 1. The van der Waals surface area contributed by atoms with Crippen LogP contribution in [-0.2, 0) is 19.6 Å². The smallest absolute Gasteiger partial charge is 0.312 e. The molecule has 3 rings (SSSR count). The summed E-state index contributed by atoms with van der Waals surface area (Å²) in [5.41, 5.74) is 8.65. The molecule has 7 heteroatoms. The second-order valence-corrected chi connectivity index (χ2v) is 6.15. The van der Waals surface area contributed by atoms with Crippen LogP contribution in [-0.4, -0.2) is 21.5 Å². The average Bonchev–Trinajstić information content (AvgIpc) is 3.18. The maximum atomic E-state index is 12.3. The molecule has 0 unspecified atom stereocenters. The van der Waals surface area contributed by atoms with Gasteiger partial charge in [-0.05, 0) is 28.8 Å². The number of hydrogen-bond acceptors (Lipinski definition) is 3. The molecular formula is C20H21N5O2. The first-order chi connectivity index (χ1) is 13.1. The van der Waals surface area contributed by atoms with E-state index in [2.05, 4.69) is 21.7 Å². The number of aromatic nitrogens is 2. The van der Waals surface area contributed by atoms with Gasteiger partial charge in [-0.25, -0.2) is 9.78 Å². The molecule has 1 aromatic heterocycles. The van der Waals surface area contributed by atoms with Gasteiger partial charge in [0.2, 0.25) is 0 Å². The number of carbonyl (C=O) groups is 2. The lowest BCUT2D eigenvalue weighted by atomic mass is 10.1. The van der Waals surface area contributed by atoms with Crippen molar-refractivity contribution in [2.45, 2.75) is 19.6 Å². The highest BCUT2D eigenvalue weighted by Gasteiger charge is 2.06. The van der Waals surface area contributed by atoms with Crippen LogP contribution in [0.2, 0.25) is 0 Å². The molecule has 0 saturated carbocycles. The third-order valence-corrected chi connectivity index (χ3v) is 4.05. The van der Waals surface area contributed by atoms with E-state index in [4.69, 9.17) is 5.73 Å². The highest BCUT2D eigenvalue weighted by atomic mass is 16.2. The molecule has 0 aliphatic carbocycles. The third kappa shape index (κ3) is 5.43. The van der Waals surface area contributed by atoms with Crippen molar-refractivity contribution in [2.75, 3.05) is 0 Å². The van der Waals surface area contributed by atoms with Gasteiger partial charge in [-0.3, -0.25) is 4.79 Å². The van der Waals surface area contributed by atoms with E-state index in [9.17, 15) is 9.59 Å². The molecule has 0 saturated heterocycles. The number of amides is 3. The molecule has 0 aliphatic rings. The van der Waals surface area contributed by atoms with Gasteiger partial charge in [0.1, 0.15) is 0 Å². The molecule has 2 aromatic carbocycles. The predicted octanol–water partition coefficient (Wildman–Crippen LogP) is 2.03. The minimum atomic E-state index is -0.577. The van der Waals surface area contributed by atoms with E-state index in [1.807, 2.05) is 29.0 Å². The SMILES string of the molecule is NC(=O)NCc1ccc(C(=O)NCc2cccc(Cn3ccnc3)c2)cc1. The first-order valence-corrected chi connectivity index (χ1v) is 8.54. The normalized spacial score (nSPS) is 10.4. The molecule has 0 radical (unpaired) electrons. The van der Waals surface area contributed by atoms with Crippen molar-refractivity contribution in [3.63, 3.8) is 0 Å². The van der Waals surface area contributed by atoms with Crippen molar-refractivity contribution < 1.29 is 9.59 Å². The lowest BCUT2D eigenvalue weighted by Crippen LogP contribution is -2.28. The zero-order valence-electron chi connectivity index (χ0n) is 14.8. The first-order valence-electron chi connectivity index (χ1n) is 8.54. The van der Waals surface area contributed by atoms with E-state index < -0.39 is 6.03 Å². The summed E-state index contributed by atoms with van der Waals surface area (Å²) in [4.78, 5) is 27.1. The zero-order valence-corrected chi connectivity index (χ0v) is 14.8. The standard InChI is InChI=1S/C20H21N5O2/c21-20(27)24-11-15-4-6-18(7-5-15)19(26)23-12-16-2-1-3-17(10-16)13-25-9-8-22-14-25/h1-10,14H,11-13H2,(H,23,26)(H3,21,24,27). The zero-order chi connectivity index (χ0) is 19.1. The van der Waals surface area contributed by atoms with Crippen molar-refractivity contribution in [1.29, 1.82) is 0 Å². The molecular weight excluding hydrogens is 342 g/mol. The molecule has 0 spiro atoms. The van der Waals surface area contributed by atoms with Crippen LogP contribution in [0.4, 0.5) is 4.79 Å². The molecule has 0 fully saturated rings. The summed E-state index contributed by atoms with van der Waals surface area (Å²) < 4.78 is 1.99. The molecule has 1 heterocycles. The summed E-state index contributed by atoms with van der Waals surface area (Å²) in [6.07, 6.45) is 5.44. The fourth-order valence-electron chi connectivity index (χ4n) is 2.68. The Labute approximate surface area is 157 Å². The highest BCUT2D eigenvalue weighted by Crippen LogP contribution is 2.09. The quantitative estimate of drug-likeness (QED) is 0.598. The van der Waals surface area contributed by atoms with Crippen molar-refractivity contribution >= 4 is 11.9 Å². The number of nitrogens with one attached hydrogen (secondary N) is 2. The van der Waals surface area contributed by atoms with E-state index in [0.29, 0.717) is 18.7 Å². The van der Waals surface area contributed by atoms with Gasteiger partial charge in [-0.15, -0.1) is 0 Å². The summed E-state index contributed by atoms with van der Waals surface area (Å²) in [5, 5.41) is 5.43. The van der Waals surface area contributed by atoms with Crippen molar-refractivity contribution in [1.82, 2.24) is 20.2 Å². The van der Waals surface area contributed by atoms with Crippen molar-refractivity contribution in [2.24, 2.45) is 5.73 Å². The maximum Gasteiger partial charge on any atom is 0.312 e. The number of imidazole rings is 1. The van der Waals surface area contributed by atoms with Crippen LogP contribution < -0.4 is 16.4 Å². The third-order valence-electron chi connectivity index (χ3n) is 4.05. The van der Waals surface area contributed by atoms with Gasteiger partial charge in [0.15, 0.2) is 0 Å². The molecule has 3 aromatic rings. The van der Waals surface area contributed by atoms with Crippen LogP contribution in [0.5, 0.6) is 0 Å². The largest absolute Gasteiger partial charge is 0.352 e. The number of hydrogen-bond donors (Lipinski definition) is 3. The van der Waals surface area contributed by atoms with Crippen LogP contribution in [0.1, 0.15) is 27.0 Å². The van der Waals surface area contributed by atoms with Crippen LogP contribution in [0.15, 0.2) is 67.3 Å². The summed E-state index contributed by atoms with van der Waals surface area (Å²) in [5.74, 6) is -0.149. The van der Waals surface area contributed by atoms with Crippen molar-refractivity contribution in [3.05, 3.63) is 89.5 Å². The first kappa shape index (κ1) is 18.2. The minimum Gasteiger partial charge on any atom is -0.352 e. The minimum absolute atomic E-state index is 0.149. The summed E-state index contributed by atoms with van der Waals surface area (Å²) >= 11 is 0. The Morgan fingerprint density at radius 3 is 2.41 bits per heavy atom. The lowest BCUT2D eigenvalue weighted by Gasteiger charge is -2.09. The topological polar surface area (TPSA) is 102 Å². The van der Waals surface area contributed by atoms with Gasteiger partial charge in [0, 0.05) is 37.6 Å². The van der Waals surface area contributed by atoms with E-state index in [-0.39, 0.29) is 5.91 Å². The van der Waals surface area contributed by atoms with Crippen LogP contribution in [0.3, 0.4) is 0 Å². The average molecular weight is 363 g/mol. The summed E-state index contributed by atoms with van der Waals surface area (Å²) in [6.45, 7) is 1.52. The second-order valence-electron chi connectivity index (χ2n) is 6.15. The number of rotatable bonds is 7. The molecule has 27 heavy (non-hydrogen) atoms. The molecule has 0 aliphatic heterocycles. The van der Waals surface area contributed by atoms with E-state index in [1.165, 1.54) is 0 Å². The second kappa shape index (κ2) is 8.66. The van der Waals surface area contributed by atoms with Gasteiger partial charge < -0.3 is 20.9 Å². The van der Waals surface area contributed by atoms with Crippen LogP contribution >= 0.6 is 0 Å². The number of urea groups is 1. The number of primary amides is 1. The molecule has 7 nitrogen and oxygen atoms in total.